The van der Waals surface area contributed by atoms with Gasteiger partial charge < -0.3 is 19.3 Å². The van der Waals surface area contributed by atoms with Crippen molar-refractivity contribution in [3.63, 3.8) is 0 Å². The van der Waals surface area contributed by atoms with Gasteiger partial charge in [0.1, 0.15) is 6.54 Å². The number of benzene rings is 2. The minimum atomic E-state index is -0.233. The van der Waals surface area contributed by atoms with Crippen molar-refractivity contribution >= 4 is 29.2 Å². The van der Waals surface area contributed by atoms with Crippen molar-refractivity contribution in [2.24, 2.45) is 0 Å². The Morgan fingerprint density at radius 3 is 2.42 bits per heavy atom. The summed E-state index contributed by atoms with van der Waals surface area (Å²) in [7, 11) is 3.20. The predicted molar refractivity (Wildman–Crippen MR) is 145 cm³/mol. The molecule has 0 fully saturated rings. The van der Waals surface area contributed by atoms with E-state index in [2.05, 4.69) is 6.58 Å². The van der Waals surface area contributed by atoms with Gasteiger partial charge in [-0.05, 0) is 47.2 Å². The normalized spacial score (nSPS) is 10.7. The van der Waals surface area contributed by atoms with Crippen LogP contribution >= 0.6 is 11.3 Å². The van der Waals surface area contributed by atoms with Crippen molar-refractivity contribution in [3.05, 3.63) is 101 Å². The number of hydrogen-bond donors (Lipinski definition) is 0. The molecule has 0 aliphatic heterocycles. The molecule has 0 unspecified atom stereocenters. The number of carbonyl (C=O) groups is 2. The summed E-state index contributed by atoms with van der Waals surface area (Å²) in [4.78, 5) is 30.7. The number of methoxy groups -OCH3 is 2. The van der Waals surface area contributed by atoms with E-state index in [1.54, 1.807) is 42.6 Å². The van der Waals surface area contributed by atoms with E-state index in [9.17, 15) is 9.59 Å². The number of amides is 2. The molecule has 188 valence electrons. The van der Waals surface area contributed by atoms with Crippen molar-refractivity contribution in [1.82, 2.24) is 9.80 Å². The lowest BCUT2D eigenvalue weighted by Gasteiger charge is -2.26. The summed E-state index contributed by atoms with van der Waals surface area (Å²) in [6, 6.07) is 19.3. The van der Waals surface area contributed by atoms with Crippen LogP contribution in [0.2, 0.25) is 0 Å². The maximum absolute atomic E-state index is 13.4. The van der Waals surface area contributed by atoms with E-state index in [1.807, 2.05) is 66.0 Å². The van der Waals surface area contributed by atoms with Crippen LogP contribution < -0.4 is 9.47 Å². The molecule has 0 aliphatic rings. The van der Waals surface area contributed by atoms with E-state index >= 15 is 0 Å². The number of thiophene rings is 1. The molecule has 0 spiro atoms. The van der Waals surface area contributed by atoms with Crippen molar-refractivity contribution in [2.45, 2.75) is 13.0 Å². The van der Waals surface area contributed by atoms with Crippen molar-refractivity contribution in [2.75, 3.05) is 33.9 Å². The van der Waals surface area contributed by atoms with E-state index in [-0.39, 0.29) is 24.9 Å². The van der Waals surface area contributed by atoms with E-state index in [0.29, 0.717) is 31.0 Å². The van der Waals surface area contributed by atoms with Crippen LogP contribution in [0.4, 0.5) is 0 Å². The second-order valence-corrected chi connectivity index (χ2v) is 9.12. The molecule has 0 atom stereocenters. The zero-order valence-electron chi connectivity index (χ0n) is 20.8. The molecule has 0 radical (unpaired) electrons. The fourth-order valence-corrected chi connectivity index (χ4v) is 4.39. The molecule has 3 rings (SSSR count). The molecule has 0 bridgehead atoms. The molecule has 1 aromatic heterocycles. The number of nitrogens with zero attached hydrogens (tertiary/aromatic N) is 2. The van der Waals surface area contributed by atoms with Gasteiger partial charge in [0.25, 0.3) is 0 Å². The molecule has 3 aromatic rings. The maximum atomic E-state index is 13.4. The largest absolute Gasteiger partial charge is 0.493 e. The number of hydrogen-bond acceptors (Lipinski definition) is 5. The molecule has 7 heteroatoms. The fourth-order valence-electron chi connectivity index (χ4n) is 3.67. The van der Waals surface area contributed by atoms with E-state index in [1.165, 1.54) is 11.0 Å². The van der Waals surface area contributed by atoms with Gasteiger partial charge in [-0.1, -0.05) is 48.5 Å². The third-order valence-corrected chi connectivity index (χ3v) is 6.46. The Morgan fingerprint density at radius 2 is 1.75 bits per heavy atom. The summed E-state index contributed by atoms with van der Waals surface area (Å²) in [5, 5.41) is 1.99. The van der Waals surface area contributed by atoms with Gasteiger partial charge in [0.05, 0.1) is 20.8 Å². The Balaban J connectivity index is 1.72. The molecule has 0 saturated carbocycles. The number of rotatable bonds is 13. The van der Waals surface area contributed by atoms with Crippen LogP contribution in [0.15, 0.2) is 84.8 Å². The summed E-state index contributed by atoms with van der Waals surface area (Å²) in [6.45, 7) is 5.00. The highest BCUT2D eigenvalue weighted by atomic mass is 32.1. The van der Waals surface area contributed by atoms with Gasteiger partial charge in [-0.15, -0.1) is 17.9 Å². The predicted octanol–water partition coefficient (Wildman–Crippen LogP) is 5.06. The smallest absolute Gasteiger partial charge is 0.247 e. The van der Waals surface area contributed by atoms with E-state index < -0.39 is 0 Å². The first-order valence-electron chi connectivity index (χ1n) is 11.7. The minimum Gasteiger partial charge on any atom is -0.493 e. The molecule has 0 N–H and O–H groups in total. The van der Waals surface area contributed by atoms with Crippen LogP contribution in [0.1, 0.15) is 16.0 Å². The topological polar surface area (TPSA) is 59.1 Å². The van der Waals surface area contributed by atoms with Gasteiger partial charge in [-0.2, -0.15) is 0 Å². The molecule has 0 aliphatic carbocycles. The quantitative estimate of drug-likeness (QED) is 0.241. The van der Waals surface area contributed by atoms with Gasteiger partial charge in [0.15, 0.2) is 11.5 Å². The minimum absolute atomic E-state index is 0.0265. The van der Waals surface area contributed by atoms with Crippen molar-refractivity contribution in [1.29, 1.82) is 0 Å². The summed E-state index contributed by atoms with van der Waals surface area (Å²) < 4.78 is 10.7. The lowest BCUT2D eigenvalue weighted by atomic mass is 10.1. The summed E-state index contributed by atoms with van der Waals surface area (Å²) >= 11 is 1.60. The highest BCUT2D eigenvalue weighted by Crippen LogP contribution is 2.28. The Morgan fingerprint density at radius 1 is 0.972 bits per heavy atom. The monoisotopic (exact) mass is 504 g/mol. The van der Waals surface area contributed by atoms with Gasteiger partial charge in [-0.3, -0.25) is 9.59 Å². The number of ether oxygens (including phenoxy) is 2. The van der Waals surface area contributed by atoms with Crippen LogP contribution in [0.3, 0.4) is 0 Å². The molecular weight excluding hydrogens is 472 g/mol. The highest BCUT2D eigenvalue weighted by molar-refractivity contribution is 7.09. The molecular formula is C29H32N2O4S. The zero-order chi connectivity index (χ0) is 25.8. The lowest BCUT2D eigenvalue weighted by Crippen LogP contribution is -2.42. The average molecular weight is 505 g/mol. The maximum Gasteiger partial charge on any atom is 0.247 e. The molecule has 2 amide bonds. The van der Waals surface area contributed by atoms with E-state index in [0.717, 1.165) is 16.0 Å². The second-order valence-electron chi connectivity index (χ2n) is 8.09. The lowest BCUT2D eigenvalue weighted by molar-refractivity contribution is -0.138. The molecule has 6 nitrogen and oxygen atoms in total. The molecule has 2 aromatic carbocycles. The van der Waals surface area contributed by atoms with Crippen molar-refractivity contribution in [3.8, 4) is 11.5 Å². The highest BCUT2D eigenvalue weighted by Gasteiger charge is 2.20. The summed E-state index contributed by atoms with van der Waals surface area (Å²) in [6.07, 6.45) is 5.53. The van der Waals surface area contributed by atoms with Crippen LogP contribution in [0.5, 0.6) is 11.5 Å². The van der Waals surface area contributed by atoms with E-state index in [4.69, 9.17) is 9.47 Å². The fraction of sp³-hybridized carbons (Fsp3) is 0.241. The standard InChI is InChI=1S/C29H32N2O4S/c1-4-17-30(28(32)15-13-23-9-6-5-7-10-23)22-29(33)31(21-25-11-8-19-36-25)18-16-24-12-14-26(34-2)27(20-24)35-3/h4-15,19-20H,1,16-18,21-22H2,2-3H3. The first kappa shape index (κ1) is 26.8. The SMILES string of the molecule is C=CCN(CC(=O)N(CCc1ccc(OC)c(OC)c1)Cc1cccs1)C(=O)C=Cc1ccccc1. The molecule has 1 heterocycles. The first-order chi connectivity index (χ1) is 17.5. The van der Waals surface area contributed by atoms with Crippen molar-refractivity contribution < 1.29 is 19.1 Å². The van der Waals surface area contributed by atoms with Crippen LogP contribution in [0, 0.1) is 0 Å². The Hall–Kier alpha value is -3.84. The Labute approximate surface area is 217 Å². The zero-order valence-corrected chi connectivity index (χ0v) is 21.6. The first-order valence-corrected chi connectivity index (χ1v) is 12.6. The Kier molecular flexibility index (Phi) is 10.3. The summed E-state index contributed by atoms with van der Waals surface area (Å²) in [5.41, 5.74) is 1.95. The second kappa shape index (κ2) is 13.9. The third kappa shape index (κ3) is 7.85. The molecule has 0 saturated heterocycles. The third-order valence-electron chi connectivity index (χ3n) is 5.60. The number of carbonyl (C=O) groups excluding carboxylic acids is 2. The Bertz CT molecular complexity index is 1160. The average Bonchev–Trinajstić information content (AvgIpc) is 3.43. The van der Waals surface area contributed by atoms with Gasteiger partial charge in [0.2, 0.25) is 11.8 Å². The van der Waals surface area contributed by atoms with Crippen LogP contribution in [-0.4, -0.2) is 55.5 Å². The van der Waals surface area contributed by atoms with Crippen LogP contribution in [-0.2, 0) is 22.6 Å². The van der Waals surface area contributed by atoms with Gasteiger partial charge >= 0.3 is 0 Å². The summed E-state index contributed by atoms with van der Waals surface area (Å²) in [5.74, 6) is 0.962. The van der Waals surface area contributed by atoms with Crippen LogP contribution in [0.25, 0.3) is 6.08 Å². The molecule has 36 heavy (non-hydrogen) atoms. The van der Waals surface area contributed by atoms with Gasteiger partial charge in [-0.25, -0.2) is 0 Å². The van der Waals surface area contributed by atoms with Gasteiger partial charge in [0, 0.05) is 24.0 Å².